The predicted octanol–water partition coefficient (Wildman–Crippen LogP) is 7.28. The van der Waals surface area contributed by atoms with E-state index in [-0.39, 0.29) is 18.1 Å². The van der Waals surface area contributed by atoms with E-state index in [1.165, 1.54) is 38.4 Å². The molecule has 2 fully saturated rings. The van der Waals surface area contributed by atoms with Gasteiger partial charge in [0.25, 0.3) is 0 Å². The van der Waals surface area contributed by atoms with Crippen LogP contribution in [-0.4, -0.2) is 47.9 Å². The lowest BCUT2D eigenvalue weighted by Gasteiger charge is -2.45. The van der Waals surface area contributed by atoms with Crippen LogP contribution in [0.2, 0.25) is 0 Å². The van der Waals surface area contributed by atoms with Crippen molar-refractivity contribution in [2.45, 2.75) is 78.0 Å². The molecule has 0 N–H and O–H groups in total. The zero-order valence-electron chi connectivity index (χ0n) is 24.7. The number of methoxy groups -OCH3 is 2. The Balaban J connectivity index is 1.50. The molecule has 2 atom stereocenters. The summed E-state index contributed by atoms with van der Waals surface area (Å²) in [7, 11) is 3.12. The van der Waals surface area contributed by atoms with E-state index in [1.54, 1.807) is 17.9 Å². The lowest BCUT2D eigenvalue weighted by Crippen LogP contribution is -2.39. The minimum absolute atomic E-state index is 0.222. The van der Waals surface area contributed by atoms with Crippen LogP contribution in [0.4, 0.5) is 4.79 Å². The summed E-state index contributed by atoms with van der Waals surface area (Å²) >= 11 is 0. The van der Waals surface area contributed by atoms with Gasteiger partial charge in [-0.05, 0) is 94.3 Å². The van der Waals surface area contributed by atoms with Gasteiger partial charge in [-0.25, -0.2) is 9.59 Å². The summed E-state index contributed by atoms with van der Waals surface area (Å²) in [6.07, 6.45) is 7.71. The second-order valence-corrected chi connectivity index (χ2v) is 12.4. The fourth-order valence-corrected chi connectivity index (χ4v) is 6.45. The number of carbonyl (C=O) groups excluding carboxylic acids is 2. The Kier molecular flexibility index (Phi) is 7.96. The Morgan fingerprint density at radius 3 is 2.33 bits per heavy atom. The van der Waals surface area contributed by atoms with Crippen molar-refractivity contribution in [3.63, 3.8) is 0 Å². The van der Waals surface area contributed by atoms with E-state index < -0.39 is 5.60 Å². The highest BCUT2D eigenvalue weighted by Gasteiger charge is 2.36. The van der Waals surface area contributed by atoms with Crippen molar-refractivity contribution in [1.82, 2.24) is 9.47 Å². The number of rotatable bonds is 6. The number of aryl methyl sites for hydroxylation is 1. The summed E-state index contributed by atoms with van der Waals surface area (Å²) in [4.78, 5) is 27.7. The van der Waals surface area contributed by atoms with Crippen LogP contribution in [-0.2, 0) is 16.0 Å². The van der Waals surface area contributed by atoms with Crippen molar-refractivity contribution in [2.75, 3.05) is 20.8 Å². The van der Waals surface area contributed by atoms with Crippen LogP contribution in [0.15, 0.2) is 42.6 Å². The van der Waals surface area contributed by atoms with Gasteiger partial charge in [0.05, 0.1) is 25.3 Å². The van der Waals surface area contributed by atoms with E-state index in [4.69, 9.17) is 14.2 Å². The van der Waals surface area contributed by atoms with Crippen LogP contribution >= 0.6 is 0 Å². The van der Waals surface area contributed by atoms with Crippen LogP contribution in [0.25, 0.3) is 10.9 Å². The number of hydrogen-bond acceptors (Lipinski definition) is 6. The second-order valence-electron chi connectivity index (χ2n) is 12.4. The summed E-state index contributed by atoms with van der Waals surface area (Å²) in [5.41, 5.74) is 4.08. The summed E-state index contributed by atoms with van der Waals surface area (Å²) in [6.45, 7) is 9.31. The molecule has 5 rings (SSSR count). The topological polar surface area (TPSA) is 70.0 Å². The number of likely N-dealkylation sites (tertiary alicyclic amines) is 1. The van der Waals surface area contributed by atoms with Crippen molar-refractivity contribution in [3.05, 3.63) is 64.8 Å². The monoisotopic (exact) mass is 546 g/mol. The number of carbonyl (C=O) groups is 2. The maximum atomic E-state index is 13.1. The van der Waals surface area contributed by atoms with E-state index >= 15 is 0 Å². The van der Waals surface area contributed by atoms with E-state index in [1.807, 2.05) is 52.0 Å². The molecular formula is C33H42N2O5. The molecule has 7 nitrogen and oxygen atoms in total. The molecule has 3 aromatic rings. The van der Waals surface area contributed by atoms with Crippen molar-refractivity contribution >= 4 is 23.0 Å². The minimum Gasteiger partial charge on any atom is -0.496 e. The Morgan fingerprint density at radius 1 is 1.00 bits per heavy atom. The molecule has 1 aliphatic heterocycles. The largest absolute Gasteiger partial charge is 0.496 e. The quantitative estimate of drug-likeness (QED) is 0.303. The first-order valence-corrected chi connectivity index (χ1v) is 14.4. The van der Waals surface area contributed by atoms with Crippen LogP contribution in [0.1, 0.15) is 86.0 Å². The summed E-state index contributed by atoms with van der Waals surface area (Å²) in [6, 6.07) is 12.2. The molecule has 0 radical (unpaired) electrons. The molecule has 0 bridgehead atoms. The van der Waals surface area contributed by atoms with Crippen molar-refractivity contribution in [2.24, 2.45) is 11.8 Å². The molecule has 214 valence electrons. The number of esters is 1. The van der Waals surface area contributed by atoms with Gasteiger partial charge in [-0.2, -0.15) is 0 Å². The SMILES string of the molecule is COC(=O)c1ccc([C@H]2C[C@H](C3CCC3)CCN2Cc2c(OC)cc(C)c3c2ccn3C(=O)OC(C)(C)C)cc1. The van der Waals surface area contributed by atoms with Crippen molar-refractivity contribution < 1.29 is 23.8 Å². The first kappa shape index (κ1) is 28.2. The van der Waals surface area contributed by atoms with Gasteiger partial charge in [-0.1, -0.05) is 31.4 Å². The fraction of sp³-hybridized carbons (Fsp3) is 0.515. The van der Waals surface area contributed by atoms with Crippen molar-refractivity contribution in [3.8, 4) is 5.75 Å². The zero-order chi connectivity index (χ0) is 28.6. The molecule has 0 spiro atoms. The first-order chi connectivity index (χ1) is 19.1. The molecule has 1 aliphatic carbocycles. The number of hydrogen-bond donors (Lipinski definition) is 0. The third kappa shape index (κ3) is 5.62. The third-order valence-corrected chi connectivity index (χ3v) is 8.69. The highest BCUT2D eigenvalue weighted by molar-refractivity contribution is 5.95. The molecule has 1 aromatic heterocycles. The zero-order valence-corrected chi connectivity index (χ0v) is 24.7. The van der Waals surface area contributed by atoms with Crippen LogP contribution < -0.4 is 4.74 Å². The molecule has 40 heavy (non-hydrogen) atoms. The Hall–Kier alpha value is -3.32. The fourth-order valence-electron chi connectivity index (χ4n) is 6.45. The van der Waals surface area contributed by atoms with E-state index in [0.717, 1.165) is 46.7 Å². The number of nitrogens with zero attached hydrogens (tertiary/aromatic N) is 2. The number of aromatic nitrogens is 1. The van der Waals surface area contributed by atoms with Crippen molar-refractivity contribution in [1.29, 1.82) is 0 Å². The number of piperidine rings is 1. The van der Waals surface area contributed by atoms with Crippen LogP contribution in [0.5, 0.6) is 5.75 Å². The molecule has 0 unspecified atom stereocenters. The third-order valence-electron chi connectivity index (χ3n) is 8.69. The van der Waals surface area contributed by atoms with E-state index in [2.05, 4.69) is 17.0 Å². The average molecular weight is 547 g/mol. The lowest BCUT2D eigenvalue weighted by molar-refractivity contribution is 0.0542. The smallest absolute Gasteiger partial charge is 0.419 e. The molecule has 2 aliphatic rings. The molecule has 1 saturated carbocycles. The van der Waals surface area contributed by atoms with Gasteiger partial charge in [0.15, 0.2) is 0 Å². The van der Waals surface area contributed by atoms with Gasteiger partial charge < -0.3 is 14.2 Å². The van der Waals surface area contributed by atoms with Crippen LogP contribution in [0.3, 0.4) is 0 Å². The maximum absolute atomic E-state index is 13.1. The molecule has 2 aromatic carbocycles. The van der Waals surface area contributed by atoms with Gasteiger partial charge in [-0.15, -0.1) is 0 Å². The number of fused-ring (bicyclic) bond motifs is 1. The Morgan fingerprint density at radius 2 is 1.73 bits per heavy atom. The molecule has 0 amide bonds. The number of ether oxygens (including phenoxy) is 3. The summed E-state index contributed by atoms with van der Waals surface area (Å²) in [5.74, 6) is 2.04. The molecule has 2 heterocycles. The Bertz CT molecular complexity index is 1380. The molecular weight excluding hydrogens is 504 g/mol. The normalized spacial score (nSPS) is 20.2. The van der Waals surface area contributed by atoms with Gasteiger partial charge in [0.2, 0.25) is 0 Å². The van der Waals surface area contributed by atoms with E-state index in [9.17, 15) is 9.59 Å². The Labute approximate surface area is 237 Å². The standard InChI is InChI=1S/C33H42N2O5/c1-21-18-29(38-5)27(26-15-17-35(30(21)26)32(37)40-33(2,3)4)20-34-16-14-25(22-8-7-9-22)19-28(34)23-10-12-24(13-11-23)31(36)39-6/h10-13,15,17-18,22,25,28H,7-9,14,16,19-20H2,1-6H3/t25-,28-/m1/s1. The average Bonchev–Trinajstić information content (AvgIpc) is 3.35. The highest BCUT2D eigenvalue weighted by atomic mass is 16.6. The second kappa shape index (κ2) is 11.3. The van der Waals surface area contributed by atoms with Gasteiger partial charge in [0, 0.05) is 29.7 Å². The summed E-state index contributed by atoms with van der Waals surface area (Å²) in [5, 5.41) is 1.00. The van der Waals surface area contributed by atoms with Crippen LogP contribution in [0, 0.1) is 18.8 Å². The maximum Gasteiger partial charge on any atom is 0.419 e. The lowest BCUT2D eigenvalue weighted by atomic mass is 9.70. The summed E-state index contributed by atoms with van der Waals surface area (Å²) < 4.78 is 18.1. The minimum atomic E-state index is -0.585. The molecule has 7 heteroatoms. The molecule has 1 saturated heterocycles. The first-order valence-electron chi connectivity index (χ1n) is 14.4. The predicted molar refractivity (Wildman–Crippen MR) is 156 cm³/mol. The van der Waals surface area contributed by atoms with E-state index in [0.29, 0.717) is 18.0 Å². The van der Waals surface area contributed by atoms with Gasteiger partial charge in [-0.3, -0.25) is 9.47 Å². The van der Waals surface area contributed by atoms with Gasteiger partial charge in [0.1, 0.15) is 11.4 Å². The highest BCUT2D eigenvalue weighted by Crippen LogP contribution is 2.45. The van der Waals surface area contributed by atoms with Gasteiger partial charge >= 0.3 is 12.1 Å². The number of benzene rings is 2.